The van der Waals surface area contributed by atoms with Gasteiger partial charge >= 0.3 is 5.69 Å². The Morgan fingerprint density at radius 2 is 2.30 bits per heavy atom. The van der Waals surface area contributed by atoms with Crippen molar-refractivity contribution in [3.05, 3.63) is 51.8 Å². The van der Waals surface area contributed by atoms with Crippen LogP contribution in [0.4, 0.5) is 5.69 Å². The maximum Gasteiger partial charge on any atom is 0.311 e. The van der Waals surface area contributed by atoms with Gasteiger partial charge in [-0.05, 0) is 30.5 Å². The normalized spacial score (nSPS) is 17.9. The summed E-state index contributed by atoms with van der Waals surface area (Å²) in [5, 5.41) is 27.1. The third-order valence-electron chi connectivity index (χ3n) is 4.12. The Morgan fingerprint density at radius 3 is 3.00 bits per heavy atom. The van der Waals surface area contributed by atoms with E-state index in [4.69, 9.17) is 0 Å². The molecule has 1 fully saturated rings. The van der Waals surface area contributed by atoms with Crippen LogP contribution in [0.1, 0.15) is 34.7 Å². The van der Waals surface area contributed by atoms with Crippen molar-refractivity contribution in [1.82, 2.24) is 15.1 Å². The topological polar surface area (TPSA) is 112 Å². The fourth-order valence-electron chi connectivity index (χ4n) is 2.90. The number of nitro groups is 1. The van der Waals surface area contributed by atoms with Crippen LogP contribution in [0.15, 0.2) is 30.6 Å². The number of piperidine rings is 1. The number of aromatic nitrogens is 2. The van der Waals surface area contributed by atoms with Gasteiger partial charge in [-0.3, -0.25) is 20.0 Å². The molecule has 0 unspecified atom stereocenters. The number of likely N-dealkylation sites (tertiary alicyclic amines) is 1. The van der Waals surface area contributed by atoms with Crippen molar-refractivity contribution in [2.45, 2.75) is 18.8 Å². The van der Waals surface area contributed by atoms with Crippen molar-refractivity contribution in [2.24, 2.45) is 0 Å². The number of nitrogens with zero attached hydrogens (tertiary/aromatic N) is 3. The molecule has 1 aromatic carbocycles. The van der Waals surface area contributed by atoms with E-state index >= 15 is 0 Å². The average molecular weight is 316 g/mol. The Morgan fingerprint density at radius 1 is 1.48 bits per heavy atom. The summed E-state index contributed by atoms with van der Waals surface area (Å²) < 4.78 is 0. The number of nitrogens with one attached hydrogen (secondary N) is 1. The number of carbonyl (C=O) groups is 1. The standard InChI is InChI=1S/C15H16N4O4/c20-14-4-3-10(6-13(14)19(22)23)15(21)18-5-1-2-11(9-18)12-7-16-17-8-12/h3-4,6-8,11,20H,1-2,5,9H2,(H,16,17)/t11-/m1/s1. The van der Waals surface area contributed by atoms with E-state index in [1.165, 1.54) is 12.1 Å². The largest absolute Gasteiger partial charge is 0.502 e. The van der Waals surface area contributed by atoms with Gasteiger partial charge in [0.1, 0.15) is 0 Å². The molecule has 1 saturated heterocycles. The summed E-state index contributed by atoms with van der Waals surface area (Å²) >= 11 is 0. The van der Waals surface area contributed by atoms with Gasteiger partial charge in [0, 0.05) is 36.8 Å². The van der Waals surface area contributed by atoms with Crippen molar-refractivity contribution < 1.29 is 14.8 Å². The lowest BCUT2D eigenvalue weighted by Crippen LogP contribution is -2.39. The Hall–Kier alpha value is -2.90. The molecule has 3 rings (SSSR count). The van der Waals surface area contributed by atoms with Gasteiger partial charge in [-0.2, -0.15) is 5.10 Å². The van der Waals surface area contributed by atoms with E-state index in [1.54, 1.807) is 11.1 Å². The molecular formula is C15H16N4O4. The lowest BCUT2D eigenvalue weighted by atomic mass is 9.92. The number of H-pyrrole nitrogens is 1. The van der Waals surface area contributed by atoms with E-state index in [1.807, 2.05) is 6.20 Å². The summed E-state index contributed by atoms with van der Waals surface area (Å²) in [6, 6.07) is 3.72. The van der Waals surface area contributed by atoms with E-state index in [2.05, 4.69) is 10.2 Å². The average Bonchev–Trinajstić information content (AvgIpc) is 3.09. The molecule has 2 N–H and O–H groups in total. The molecule has 1 aromatic heterocycles. The van der Waals surface area contributed by atoms with Crippen LogP contribution in [-0.2, 0) is 0 Å². The van der Waals surface area contributed by atoms with Crippen LogP contribution in [0.25, 0.3) is 0 Å². The number of benzene rings is 1. The van der Waals surface area contributed by atoms with Gasteiger partial charge in [-0.15, -0.1) is 0 Å². The van der Waals surface area contributed by atoms with Gasteiger partial charge in [0.2, 0.25) is 0 Å². The second kappa shape index (κ2) is 6.07. The Labute approximate surface area is 131 Å². The molecule has 1 amide bonds. The van der Waals surface area contributed by atoms with Crippen molar-refractivity contribution in [3.63, 3.8) is 0 Å². The number of carbonyl (C=O) groups excluding carboxylic acids is 1. The van der Waals surface area contributed by atoms with Gasteiger partial charge in [0.25, 0.3) is 5.91 Å². The number of hydrogen-bond donors (Lipinski definition) is 2. The fourth-order valence-corrected chi connectivity index (χ4v) is 2.90. The predicted octanol–water partition coefficient (Wildman–Crippen LogP) is 2.04. The van der Waals surface area contributed by atoms with Crippen molar-refractivity contribution in [3.8, 4) is 5.75 Å². The molecule has 1 atom stereocenters. The summed E-state index contributed by atoms with van der Waals surface area (Å²) in [6.07, 6.45) is 5.41. The third-order valence-corrected chi connectivity index (χ3v) is 4.12. The Balaban J connectivity index is 1.80. The number of aromatic hydroxyl groups is 1. The predicted molar refractivity (Wildman–Crippen MR) is 81.2 cm³/mol. The molecular weight excluding hydrogens is 300 g/mol. The minimum atomic E-state index is -0.698. The lowest BCUT2D eigenvalue weighted by molar-refractivity contribution is -0.385. The highest BCUT2D eigenvalue weighted by molar-refractivity contribution is 5.95. The van der Waals surface area contributed by atoms with Crippen LogP contribution < -0.4 is 0 Å². The first-order valence-electron chi connectivity index (χ1n) is 7.31. The smallest absolute Gasteiger partial charge is 0.311 e. The number of aromatic amines is 1. The van der Waals surface area contributed by atoms with Crippen LogP contribution in [0, 0.1) is 10.1 Å². The van der Waals surface area contributed by atoms with E-state index in [0.29, 0.717) is 13.1 Å². The number of rotatable bonds is 3. The van der Waals surface area contributed by atoms with Crippen LogP contribution in [0.2, 0.25) is 0 Å². The summed E-state index contributed by atoms with van der Waals surface area (Å²) in [6.45, 7) is 1.16. The van der Waals surface area contributed by atoms with Gasteiger partial charge in [-0.25, -0.2) is 0 Å². The molecule has 0 saturated carbocycles. The van der Waals surface area contributed by atoms with E-state index in [0.717, 1.165) is 24.5 Å². The summed E-state index contributed by atoms with van der Waals surface area (Å²) in [5.41, 5.74) is 0.806. The highest BCUT2D eigenvalue weighted by Gasteiger charge is 2.27. The van der Waals surface area contributed by atoms with E-state index in [-0.39, 0.29) is 17.4 Å². The molecule has 0 aliphatic carbocycles. The second-order valence-electron chi connectivity index (χ2n) is 5.58. The molecule has 120 valence electrons. The molecule has 8 nitrogen and oxygen atoms in total. The monoisotopic (exact) mass is 316 g/mol. The summed E-state index contributed by atoms with van der Waals surface area (Å²) in [7, 11) is 0. The van der Waals surface area contributed by atoms with E-state index < -0.39 is 16.4 Å². The first-order valence-corrected chi connectivity index (χ1v) is 7.31. The Bertz CT molecular complexity index is 729. The lowest BCUT2D eigenvalue weighted by Gasteiger charge is -2.32. The van der Waals surface area contributed by atoms with Crippen molar-refractivity contribution >= 4 is 11.6 Å². The summed E-state index contributed by atoms with van der Waals surface area (Å²) in [4.78, 5) is 24.5. The maximum atomic E-state index is 12.6. The van der Waals surface area contributed by atoms with Crippen LogP contribution in [0.5, 0.6) is 5.75 Å². The quantitative estimate of drug-likeness (QED) is 0.664. The highest BCUT2D eigenvalue weighted by Crippen LogP contribution is 2.29. The molecule has 0 bridgehead atoms. The van der Waals surface area contributed by atoms with Crippen molar-refractivity contribution in [1.29, 1.82) is 0 Å². The minimum absolute atomic E-state index is 0.207. The molecule has 0 radical (unpaired) electrons. The van der Waals surface area contributed by atoms with Gasteiger partial charge < -0.3 is 10.0 Å². The summed E-state index contributed by atoms with van der Waals surface area (Å²) in [5.74, 6) is -0.499. The number of phenolic OH excluding ortho intramolecular Hbond substituents is 1. The zero-order valence-corrected chi connectivity index (χ0v) is 12.3. The van der Waals surface area contributed by atoms with Crippen LogP contribution >= 0.6 is 0 Å². The van der Waals surface area contributed by atoms with E-state index in [9.17, 15) is 20.0 Å². The molecule has 23 heavy (non-hydrogen) atoms. The Kier molecular flexibility index (Phi) is 3.96. The van der Waals surface area contributed by atoms with Gasteiger partial charge in [0.05, 0.1) is 11.1 Å². The molecule has 1 aliphatic rings. The number of nitro benzene ring substituents is 1. The minimum Gasteiger partial charge on any atom is -0.502 e. The highest BCUT2D eigenvalue weighted by atomic mass is 16.6. The van der Waals surface area contributed by atoms with Crippen LogP contribution in [-0.4, -0.2) is 44.1 Å². The second-order valence-corrected chi connectivity index (χ2v) is 5.58. The van der Waals surface area contributed by atoms with Crippen LogP contribution in [0.3, 0.4) is 0 Å². The zero-order chi connectivity index (χ0) is 16.4. The number of phenols is 1. The molecule has 2 heterocycles. The number of amides is 1. The van der Waals surface area contributed by atoms with Crippen molar-refractivity contribution in [2.75, 3.05) is 13.1 Å². The molecule has 1 aliphatic heterocycles. The third kappa shape index (κ3) is 3.01. The first kappa shape index (κ1) is 15.0. The van der Waals surface area contributed by atoms with Gasteiger partial charge in [0.15, 0.2) is 5.75 Å². The SMILES string of the molecule is O=C(c1ccc(O)c([N+](=O)[O-])c1)N1CCC[C@@H](c2cn[nH]c2)C1. The number of hydrogen-bond acceptors (Lipinski definition) is 5. The molecule has 8 heteroatoms. The molecule has 0 spiro atoms. The first-order chi connectivity index (χ1) is 11.1. The zero-order valence-electron chi connectivity index (χ0n) is 12.3. The van der Waals surface area contributed by atoms with Gasteiger partial charge in [-0.1, -0.05) is 0 Å². The molecule has 2 aromatic rings. The maximum absolute atomic E-state index is 12.6. The fraction of sp³-hybridized carbons (Fsp3) is 0.333.